The first kappa shape index (κ1) is 18.3. The van der Waals surface area contributed by atoms with Crippen molar-refractivity contribution in [3.05, 3.63) is 59.2 Å². The minimum atomic E-state index is -0.535. The SMILES string of the molecule is CCOC(=O)c1cc(C(=O)Nc2ncn(Cc3cccc(C)c3)n2)nn1C. The number of amides is 1. The Morgan fingerprint density at radius 3 is 2.78 bits per heavy atom. The van der Waals surface area contributed by atoms with Crippen LogP contribution in [0, 0.1) is 6.92 Å². The molecular formula is C18H20N6O3. The van der Waals surface area contributed by atoms with Crippen molar-refractivity contribution in [3.8, 4) is 0 Å². The molecule has 3 aromatic rings. The third-order valence-electron chi connectivity index (χ3n) is 3.79. The summed E-state index contributed by atoms with van der Waals surface area (Å²) in [6.45, 7) is 4.52. The quantitative estimate of drug-likeness (QED) is 0.665. The molecule has 0 saturated heterocycles. The van der Waals surface area contributed by atoms with Gasteiger partial charge in [-0.25, -0.2) is 14.5 Å². The van der Waals surface area contributed by atoms with E-state index < -0.39 is 11.9 Å². The van der Waals surface area contributed by atoms with Crippen LogP contribution in [0.4, 0.5) is 5.95 Å². The number of ether oxygens (including phenoxy) is 1. The Bertz CT molecular complexity index is 975. The number of anilines is 1. The molecule has 0 unspecified atom stereocenters. The van der Waals surface area contributed by atoms with Crippen molar-refractivity contribution in [1.82, 2.24) is 24.5 Å². The van der Waals surface area contributed by atoms with Crippen LogP contribution in [-0.4, -0.2) is 43.0 Å². The van der Waals surface area contributed by atoms with E-state index >= 15 is 0 Å². The zero-order chi connectivity index (χ0) is 19.4. The fourth-order valence-electron chi connectivity index (χ4n) is 2.57. The van der Waals surface area contributed by atoms with Gasteiger partial charge in [0.1, 0.15) is 12.0 Å². The fourth-order valence-corrected chi connectivity index (χ4v) is 2.57. The monoisotopic (exact) mass is 368 g/mol. The third kappa shape index (κ3) is 4.38. The number of carbonyl (C=O) groups excluding carboxylic acids is 2. The van der Waals surface area contributed by atoms with Crippen LogP contribution in [0.25, 0.3) is 0 Å². The van der Waals surface area contributed by atoms with E-state index in [1.54, 1.807) is 25.0 Å². The van der Waals surface area contributed by atoms with Crippen molar-refractivity contribution in [2.45, 2.75) is 20.4 Å². The molecule has 27 heavy (non-hydrogen) atoms. The lowest BCUT2D eigenvalue weighted by atomic mass is 10.1. The van der Waals surface area contributed by atoms with Gasteiger partial charge >= 0.3 is 5.97 Å². The summed E-state index contributed by atoms with van der Waals surface area (Å²) in [6.07, 6.45) is 1.54. The van der Waals surface area contributed by atoms with Gasteiger partial charge in [0.05, 0.1) is 13.2 Å². The highest BCUT2D eigenvalue weighted by molar-refractivity contribution is 6.03. The van der Waals surface area contributed by atoms with E-state index in [4.69, 9.17) is 4.74 Å². The molecule has 0 aliphatic carbocycles. The first-order chi connectivity index (χ1) is 13.0. The summed E-state index contributed by atoms with van der Waals surface area (Å²) in [6, 6.07) is 9.43. The number of nitrogens with one attached hydrogen (secondary N) is 1. The number of esters is 1. The predicted octanol–water partition coefficient (Wildman–Crippen LogP) is 1.80. The van der Waals surface area contributed by atoms with E-state index in [-0.39, 0.29) is 23.9 Å². The number of hydrogen-bond donors (Lipinski definition) is 1. The molecule has 1 aromatic carbocycles. The molecule has 0 saturated carbocycles. The van der Waals surface area contributed by atoms with Crippen molar-refractivity contribution in [1.29, 1.82) is 0 Å². The van der Waals surface area contributed by atoms with Gasteiger partial charge in [0.15, 0.2) is 5.69 Å². The second-order valence-electron chi connectivity index (χ2n) is 5.97. The summed E-state index contributed by atoms with van der Waals surface area (Å²) in [7, 11) is 1.57. The van der Waals surface area contributed by atoms with Crippen LogP contribution < -0.4 is 5.32 Å². The van der Waals surface area contributed by atoms with E-state index in [2.05, 4.69) is 26.6 Å². The Morgan fingerprint density at radius 2 is 2.04 bits per heavy atom. The highest BCUT2D eigenvalue weighted by Gasteiger charge is 2.19. The lowest BCUT2D eigenvalue weighted by molar-refractivity contribution is 0.0513. The van der Waals surface area contributed by atoms with Crippen molar-refractivity contribution in [2.24, 2.45) is 7.05 Å². The largest absolute Gasteiger partial charge is 0.461 e. The number of aromatic nitrogens is 5. The lowest BCUT2D eigenvalue weighted by Gasteiger charge is -2.02. The zero-order valence-corrected chi connectivity index (χ0v) is 15.3. The predicted molar refractivity (Wildman–Crippen MR) is 97.4 cm³/mol. The maximum absolute atomic E-state index is 12.3. The molecule has 0 bridgehead atoms. The van der Waals surface area contributed by atoms with E-state index in [1.165, 1.54) is 10.7 Å². The van der Waals surface area contributed by atoms with Gasteiger partial charge in [-0.05, 0) is 19.4 Å². The highest BCUT2D eigenvalue weighted by atomic mass is 16.5. The van der Waals surface area contributed by atoms with Gasteiger partial charge in [-0.3, -0.25) is 14.8 Å². The number of carbonyl (C=O) groups is 2. The number of hydrogen-bond acceptors (Lipinski definition) is 6. The number of rotatable bonds is 6. The second-order valence-corrected chi connectivity index (χ2v) is 5.97. The van der Waals surface area contributed by atoms with Crippen LogP contribution in [0.5, 0.6) is 0 Å². The van der Waals surface area contributed by atoms with Gasteiger partial charge in [0.2, 0.25) is 5.95 Å². The molecule has 0 atom stereocenters. The molecule has 2 heterocycles. The molecule has 9 nitrogen and oxygen atoms in total. The molecular weight excluding hydrogens is 348 g/mol. The molecule has 0 aliphatic heterocycles. The number of nitrogens with zero attached hydrogens (tertiary/aromatic N) is 5. The first-order valence-electron chi connectivity index (χ1n) is 8.43. The molecule has 0 aliphatic rings. The summed E-state index contributed by atoms with van der Waals surface area (Å²) in [5, 5.41) is 10.9. The molecule has 140 valence electrons. The van der Waals surface area contributed by atoms with Crippen molar-refractivity contribution >= 4 is 17.8 Å². The maximum atomic E-state index is 12.3. The van der Waals surface area contributed by atoms with Crippen LogP contribution in [-0.2, 0) is 18.3 Å². The molecule has 2 aromatic heterocycles. The van der Waals surface area contributed by atoms with Crippen molar-refractivity contribution in [3.63, 3.8) is 0 Å². The van der Waals surface area contributed by atoms with E-state index in [0.717, 1.165) is 11.1 Å². The minimum absolute atomic E-state index is 0.0792. The summed E-state index contributed by atoms with van der Waals surface area (Å²) >= 11 is 0. The smallest absolute Gasteiger partial charge is 0.356 e. The van der Waals surface area contributed by atoms with Gasteiger partial charge in [-0.2, -0.15) is 5.10 Å². The Balaban J connectivity index is 1.67. The van der Waals surface area contributed by atoms with Crippen LogP contribution in [0.2, 0.25) is 0 Å². The van der Waals surface area contributed by atoms with Gasteiger partial charge in [0.25, 0.3) is 5.91 Å². The molecule has 1 N–H and O–H groups in total. The second kappa shape index (κ2) is 7.81. The Labute approximate surface area is 156 Å². The average Bonchev–Trinajstić information content (AvgIpc) is 3.21. The van der Waals surface area contributed by atoms with E-state index in [9.17, 15) is 9.59 Å². The summed E-state index contributed by atoms with van der Waals surface area (Å²) < 4.78 is 7.86. The van der Waals surface area contributed by atoms with Crippen LogP contribution in [0.15, 0.2) is 36.7 Å². The summed E-state index contributed by atoms with van der Waals surface area (Å²) in [4.78, 5) is 28.2. The van der Waals surface area contributed by atoms with E-state index in [0.29, 0.717) is 6.54 Å². The molecule has 0 fully saturated rings. The third-order valence-corrected chi connectivity index (χ3v) is 3.79. The minimum Gasteiger partial charge on any atom is -0.461 e. The Kier molecular flexibility index (Phi) is 5.30. The number of aryl methyl sites for hydroxylation is 2. The van der Waals surface area contributed by atoms with Gasteiger partial charge < -0.3 is 4.74 Å². The van der Waals surface area contributed by atoms with Crippen molar-refractivity contribution in [2.75, 3.05) is 11.9 Å². The van der Waals surface area contributed by atoms with Gasteiger partial charge in [-0.1, -0.05) is 29.8 Å². The average molecular weight is 368 g/mol. The Hall–Kier alpha value is -3.49. The molecule has 0 radical (unpaired) electrons. The van der Waals surface area contributed by atoms with E-state index in [1.807, 2.05) is 25.1 Å². The zero-order valence-electron chi connectivity index (χ0n) is 15.3. The van der Waals surface area contributed by atoms with Crippen LogP contribution >= 0.6 is 0 Å². The Morgan fingerprint density at radius 1 is 1.22 bits per heavy atom. The van der Waals surface area contributed by atoms with Crippen molar-refractivity contribution < 1.29 is 14.3 Å². The van der Waals surface area contributed by atoms with Crippen LogP contribution in [0.1, 0.15) is 39.0 Å². The number of benzene rings is 1. The van der Waals surface area contributed by atoms with Crippen LogP contribution in [0.3, 0.4) is 0 Å². The highest BCUT2D eigenvalue weighted by Crippen LogP contribution is 2.09. The normalized spacial score (nSPS) is 10.6. The summed E-state index contributed by atoms with van der Waals surface area (Å²) in [5.74, 6) is -0.877. The lowest BCUT2D eigenvalue weighted by Crippen LogP contribution is -2.14. The molecule has 1 amide bonds. The fraction of sp³-hybridized carbons (Fsp3) is 0.278. The molecule has 0 spiro atoms. The van der Waals surface area contributed by atoms with Gasteiger partial charge in [0, 0.05) is 13.1 Å². The molecule has 3 rings (SSSR count). The molecule has 9 heteroatoms. The van der Waals surface area contributed by atoms with Gasteiger partial charge in [-0.15, -0.1) is 5.10 Å². The standard InChI is InChI=1S/C18H20N6O3/c1-4-27-17(26)15-9-14(21-23(15)3)16(25)20-18-19-11-24(22-18)10-13-7-5-6-12(2)8-13/h5-9,11H,4,10H2,1-3H3,(H,20,22,25). The topological polar surface area (TPSA) is 104 Å². The summed E-state index contributed by atoms with van der Waals surface area (Å²) in [5.41, 5.74) is 2.52. The maximum Gasteiger partial charge on any atom is 0.356 e. The first-order valence-corrected chi connectivity index (χ1v) is 8.43.